The van der Waals surface area contributed by atoms with E-state index in [4.69, 9.17) is 0 Å². The Kier molecular flexibility index (Phi) is 3.82. The summed E-state index contributed by atoms with van der Waals surface area (Å²) in [5.41, 5.74) is 0. The Labute approximate surface area is 88.1 Å². The molecule has 2 rings (SSSR count). The van der Waals surface area contributed by atoms with E-state index in [2.05, 4.69) is 17.1 Å². The summed E-state index contributed by atoms with van der Waals surface area (Å²) in [6.07, 6.45) is 6.96. The van der Waals surface area contributed by atoms with Crippen LogP contribution in [0.25, 0.3) is 0 Å². The first-order valence-corrected chi connectivity index (χ1v) is 6.34. The normalized spacial score (nSPS) is 31.1. The molecule has 0 bridgehead atoms. The molecule has 1 saturated heterocycles. The molecule has 0 radical (unpaired) electrons. The number of rotatable bonds is 3. The zero-order valence-electron chi connectivity index (χ0n) is 9.47. The number of nitrogens with one attached hydrogen (secondary N) is 1. The summed E-state index contributed by atoms with van der Waals surface area (Å²) in [7, 11) is 0. The fourth-order valence-corrected chi connectivity index (χ4v) is 2.36. The van der Waals surface area contributed by atoms with Gasteiger partial charge in [-0.25, -0.2) is 0 Å². The van der Waals surface area contributed by atoms with E-state index in [1.807, 2.05) is 0 Å². The van der Waals surface area contributed by atoms with Gasteiger partial charge in [0.1, 0.15) is 0 Å². The first-order chi connectivity index (χ1) is 6.88. The average Bonchev–Trinajstić information content (AvgIpc) is 2.94. The molecule has 2 aliphatic rings. The molecule has 2 heteroatoms. The second-order valence-electron chi connectivity index (χ2n) is 4.95. The highest BCUT2D eigenvalue weighted by Crippen LogP contribution is 2.29. The molecule has 1 heterocycles. The summed E-state index contributed by atoms with van der Waals surface area (Å²) < 4.78 is 0. The van der Waals surface area contributed by atoms with Crippen LogP contribution in [-0.2, 0) is 0 Å². The first kappa shape index (κ1) is 10.4. The molecule has 0 spiro atoms. The second-order valence-corrected chi connectivity index (χ2v) is 4.95. The standard InChI is InChI=1S/C12H24N2/c1-2-12-6-9-14(8-3-7-13-12)10-11-4-5-11/h11-13H,2-10H2,1H3. The zero-order valence-corrected chi connectivity index (χ0v) is 9.47. The monoisotopic (exact) mass is 196 g/mol. The van der Waals surface area contributed by atoms with Crippen molar-refractivity contribution in [1.82, 2.24) is 10.2 Å². The van der Waals surface area contributed by atoms with Crippen molar-refractivity contribution in [2.45, 2.75) is 45.1 Å². The molecular formula is C12H24N2. The number of hydrogen-bond acceptors (Lipinski definition) is 2. The van der Waals surface area contributed by atoms with Crippen molar-refractivity contribution in [3.8, 4) is 0 Å². The predicted octanol–water partition coefficient (Wildman–Crippen LogP) is 1.86. The minimum Gasteiger partial charge on any atom is -0.314 e. The Hall–Kier alpha value is -0.0800. The SMILES string of the molecule is CCC1CCN(CC2CC2)CCCN1. The van der Waals surface area contributed by atoms with Gasteiger partial charge in [-0.15, -0.1) is 0 Å². The van der Waals surface area contributed by atoms with E-state index in [9.17, 15) is 0 Å². The number of hydrogen-bond donors (Lipinski definition) is 1. The Bertz CT molecular complexity index is 166. The van der Waals surface area contributed by atoms with Crippen molar-refractivity contribution in [2.75, 3.05) is 26.2 Å². The van der Waals surface area contributed by atoms with Crippen molar-refractivity contribution < 1.29 is 0 Å². The molecule has 2 nitrogen and oxygen atoms in total. The van der Waals surface area contributed by atoms with Crippen molar-refractivity contribution in [3.05, 3.63) is 0 Å². The topological polar surface area (TPSA) is 15.3 Å². The van der Waals surface area contributed by atoms with Crippen LogP contribution in [0, 0.1) is 5.92 Å². The van der Waals surface area contributed by atoms with E-state index in [-0.39, 0.29) is 0 Å². The van der Waals surface area contributed by atoms with Gasteiger partial charge < -0.3 is 10.2 Å². The minimum absolute atomic E-state index is 0.775. The smallest absolute Gasteiger partial charge is 0.00766 e. The fourth-order valence-electron chi connectivity index (χ4n) is 2.36. The highest BCUT2D eigenvalue weighted by Gasteiger charge is 2.24. The molecule has 0 aromatic heterocycles. The molecule has 0 amide bonds. The Morgan fingerprint density at radius 3 is 2.79 bits per heavy atom. The molecule has 0 aromatic carbocycles. The van der Waals surface area contributed by atoms with E-state index in [0.29, 0.717) is 0 Å². The molecular weight excluding hydrogens is 172 g/mol. The molecule has 1 saturated carbocycles. The van der Waals surface area contributed by atoms with Crippen LogP contribution >= 0.6 is 0 Å². The van der Waals surface area contributed by atoms with E-state index >= 15 is 0 Å². The van der Waals surface area contributed by atoms with Crippen LogP contribution in [-0.4, -0.2) is 37.1 Å². The predicted molar refractivity (Wildman–Crippen MR) is 60.5 cm³/mol. The third-order valence-corrected chi connectivity index (χ3v) is 3.58. The second kappa shape index (κ2) is 5.13. The lowest BCUT2D eigenvalue weighted by Gasteiger charge is -2.28. The maximum Gasteiger partial charge on any atom is 0.00766 e. The van der Waals surface area contributed by atoms with E-state index in [1.54, 1.807) is 0 Å². The van der Waals surface area contributed by atoms with Crippen LogP contribution < -0.4 is 5.32 Å². The summed E-state index contributed by atoms with van der Waals surface area (Å²) in [5, 5.41) is 3.63. The molecule has 82 valence electrons. The summed E-state index contributed by atoms with van der Waals surface area (Å²) >= 11 is 0. The minimum atomic E-state index is 0.775. The van der Waals surface area contributed by atoms with Crippen molar-refractivity contribution in [1.29, 1.82) is 0 Å². The van der Waals surface area contributed by atoms with Gasteiger partial charge in [0.25, 0.3) is 0 Å². The van der Waals surface area contributed by atoms with Crippen molar-refractivity contribution >= 4 is 0 Å². The van der Waals surface area contributed by atoms with Gasteiger partial charge in [-0.1, -0.05) is 6.92 Å². The summed E-state index contributed by atoms with van der Waals surface area (Å²) in [4.78, 5) is 2.70. The molecule has 14 heavy (non-hydrogen) atoms. The zero-order chi connectivity index (χ0) is 9.80. The van der Waals surface area contributed by atoms with Gasteiger partial charge in [0.15, 0.2) is 0 Å². The first-order valence-electron chi connectivity index (χ1n) is 6.34. The van der Waals surface area contributed by atoms with E-state index in [1.165, 1.54) is 58.3 Å². The quantitative estimate of drug-likeness (QED) is 0.741. The molecule has 1 unspecified atom stereocenters. The molecule has 2 fully saturated rings. The Morgan fingerprint density at radius 1 is 1.21 bits per heavy atom. The average molecular weight is 196 g/mol. The van der Waals surface area contributed by atoms with Crippen LogP contribution in [0.1, 0.15) is 39.0 Å². The largest absolute Gasteiger partial charge is 0.314 e. The van der Waals surface area contributed by atoms with Crippen LogP contribution in [0.15, 0.2) is 0 Å². The Morgan fingerprint density at radius 2 is 2.07 bits per heavy atom. The highest BCUT2D eigenvalue weighted by molar-refractivity contribution is 4.79. The Balaban J connectivity index is 1.73. The van der Waals surface area contributed by atoms with Crippen molar-refractivity contribution in [3.63, 3.8) is 0 Å². The van der Waals surface area contributed by atoms with Crippen LogP contribution in [0.5, 0.6) is 0 Å². The summed E-state index contributed by atoms with van der Waals surface area (Å²) in [6, 6.07) is 0.775. The number of nitrogens with zero attached hydrogens (tertiary/aromatic N) is 1. The van der Waals surface area contributed by atoms with Gasteiger partial charge >= 0.3 is 0 Å². The lowest BCUT2D eigenvalue weighted by molar-refractivity contribution is 0.224. The fraction of sp³-hybridized carbons (Fsp3) is 1.00. The van der Waals surface area contributed by atoms with Gasteiger partial charge in [-0.3, -0.25) is 0 Å². The van der Waals surface area contributed by atoms with Crippen LogP contribution in [0.3, 0.4) is 0 Å². The summed E-state index contributed by atoms with van der Waals surface area (Å²) in [6.45, 7) is 7.54. The molecule has 0 aromatic rings. The van der Waals surface area contributed by atoms with Gasteiger partial charge in [0, 0.05) is 12.6 Å². The lowest BCUT2D eigenvalue weighted by Crippen LogP contribution is -2.40. The van der Waals surface area contributed by atoms with Gasteiger partial charge in [0.05, 0.1) is 0 Å². The maximum atomic E-state index is 3.63. The van der Waals surface area contributed by atoms with Crippen LogP contribution in [0.4, 0.5) is 0 Å². The van der Waals surface area contributed by atoms with Gasteiger partial charge in [0.2, 0.25) is 0 Å². The molecule has 1 atom stereocenters. The van der Waals surface area contributed by atoms with Crippen LogP contribution in [0.2, 0.25) is 0 Å². The molecule has 1 N–H and O–H groups in total. The van der Waals surface area contributed by atoms with E-state index in [0.717, 1.165) is 12.0 Å². The third kappa shape index (κ3) is 3.25. The molecule has 1 aliphatic carbocycles. The third-order valence-electron chi connectivity index (χ3n) is 3.58. The van der Waals surface area contributed by atoms with E-state index < -0.39 is 0 Å². The lowest BCUT2D eigenvalue weighted by atomic mass is 10.1. The molecule has 1 aliphatic heterocycles. The summed E-state index contributed by atoms with van der Waals surface area (Å²) in [5.74, 6) is 1.06. The van der Waals surface area contributed by atoms with Crippen molar-refractivity contribution in [2.24, 2.45) is 5.92 Å². The highest BCUT2D eigenvalue weighted by atomic mass is 15.1. The maximum absolute atomic E-state index is 3.63. The van der Waals surface area contributed by atoms with Gasteiger partial charge in [-0.2, -0.15) is 0 Å². The van der Waals surface area contributed by atoms with Gasteiger partial charge in [-0.05, 0) is 57.7 Å².